The molecule has 1 atom stereocenters. The normalized spacial score (nSPS) is 18.8. The summed E-state index contributed by atoms with van der Waals surface area (Å²) in [6.45, 7) is 11.8. The summed E-state index contributed by atoms with van der Waals surface area (Å²) in [5.41, 5.74) is 0. The van der Waals surface area contributed by atoms with Crippen LogP contribution in [0.25, 0.3) is 0 Å². The van der Waals surface area contributed by atoms with Gasteiger partial charge >= 0.3 is 0 Å². The molecule has 2 fully saturated rings. The number of likely N-dealkylation sites (tertiary alicyclic amines) is 1. The highest BCUT2D eigenvalue weighted by atomic mass is 127. The van der Waals surface area contributed by atoms with Crippen LogP contribution in [0.1, 0.15) is 44.3 Å². The molecule has 2 aliphatic rings. The Balaban J connectivity index is 0.00000272. The summed E-state index contributed by atoms with van der Waals surface area (Å²) in [5.74, 6) is 2.96. The summed E-state index contributed by atoms with van der Waals surface area (Å²) in [7, 11) is 0. The SMILES string of the molecule is CCNC(=NCC(c1ccco1)N1CCCC1)N1CCN(c2nc(CC)ns2)CC1.I. The van der Waals surface area contributed by atoms with Crippen molar-refractivity contribution in [3.8, 4) is 0 Å². The smallest absolute Gasteiger partial charge is 0.205 e. The number of guanidine groups is 1. The maximum Gasteiger partial charge on any atom is 0.205 e. The standard InChI is InChI=1S/C21H33N7OS.HI/c1-3-19-24-21(30-25-19)28-13-11-27(12-14-28)20(22-4-2)23-16-17(18-8-7-15-29-18)26-9-5-6-10-26;/h7-8,15,17H,3-6,9-14,16H2,1-2H3,(H,22,23);1H. The fraction of sp³-hybridized carbons (Fsp3) is 0.667. The van der Waals surface area contributed by atoms with E-state index < -0.39 is 0 Å². The second kappa shape index (κ2) is 12.0. The van der Waals surface area contributed by atoms with Crippen molar-refractivity contribution >= 4 is 46.6 Å². The third-order valence-corrected chi connectivity index (χ3v) is 6.64. The lowest BCUT2D eigenvalue weighted by Crippen LogP contribution is -2.52. The zero-order chi connectivity index (χ0) is 20.8. The molecule has 4 rings (SSSR count). The number of halogens is 1. The number of nitrogens with one attached hydrogen (secondary N) is 1. The second-order valence-electron chi connectivity index (χ2n) is 7.79. The molecule has 10 heteroatoms. The molecule has 1 N–H and O–H groups in total. The van der Waals surface area contributed by atoms with Crippen molar-refractivity contribution in [3.63, 3.8) is 0 Å². The summed E-state index contributed by atoms with van der Waals surface area (Å²) in [6.07, 6.45) is 5.17. The molecule has 2 aromatic rings. The second-order valence-corrected chi connectivity index (χ2v) is 8.52. The van der Waals surface area contributed by atoms with Crippen molar-refractivity contribution < 1.29 is 4.42 Å². The van der Waals surface area contributed by atoms with Gasteiger partial charge in [-0.15, -0.1) is 24.0 Å². The Hall–Kier alpha value is -1.40. The van der Waals surface area contributed by atoms with E-state index in [2.05, 4.69) is 49.3 Å². The number of aryl methyl sites for hydroxylation is 1. The van der Waals surface area contributed by atoms with Crippen molar-refractivity contribution in [2.45, 2.75) is 39.2 Å². The first-order valence-corrected chi connectivity index (χ1v) is 11.9. The third-order valence-electron chi connectivity index (χ3n) is 5.83. The maximum absolute atomic E-state index is 5.76. The number of rotatable bonds is 7. The van der Waals surface area contributed by atoms with Crippen LogP contribution < -0.4 is 10.2 Å². The summed E-state index contributed by atoms with van der Waals surface area (Å²) >= 11 is 1.51. The molecule has 0 amide bonds. The number of aliphatic imine (C=N–C) groups is 1. The first kappa shape index (κ1) is 24.2. The van der Waals surface area contributed by atoms with Crippen molar-refractivity contribution in [3.05, 3.63) is 30.0 Å². The zero-order valence-corrected chi connectivity index (χ0v) is 21.6. The number of hydrogen-bond donors (Lipinski definition) is 1. The minimum atomic E-state index is 0. The molecule has 0 aromatic carbocycles. The lowest BCUT2D eigenvalue weighted by atomic mass is 10.2. The minimum Gasteiger partial charge on any atom is -0.468 e. The Kier molecular flexibility index (Phi) is 9.39. The van der Waals surface area contributed by atoms with Crippen LogP contribution in [0.15, 0.2) is 27.8 Å². The first-order chi connectivity index (χ1) is 14.8. The van der Waals surface area contributed by atoms with Gasteiger partial charge < -0.3 is 19.5 Å². The third kappa shape index (κ3) is 6.10. The van der Waals surface area contributed by atoms with Gasteiger partial charge in [0, 0.05) is 50.7 Å². The number of hydrogen-bond acceptors (Lipinski definition) is 7. The molecular formula is C21H34IN7OS. The van der Waals surface area contributed by atoms with Gasteiger partial charge in [0.2, 0.25) is 5.13 Å². The van der Waals surface area contributed by atoms with Crippen molar-refractivity contribution in [2.24, 2.45) is 4.99 Å². The van der Waals surface area contributed by atoms with Crippen molar-refractivity contribution in [2.75, 3.05) is 57.3 Å². The average Bonchev–Trinajstić information content (AvgIpc) is 3.56. The van der Waals surface area contributed by atoms with Gasteiger partial charge in [-0.2, -0.15) is 4.37 Å². The predicted molar refractivity (Wildman–Crippen MR) is 137 cm³/mol. The van der Waals surface area contributed by atoms with E-state index in [9.17, 15) is 0 Å². The quantitative estimate of drug-likeness (QED) is 0.317. The highest BCUT2D eigenvalue weighted by molar-refractivity contribution is 14.0. The van der Waals surface area contributed by atoms with Crippen LogP contribution in [0.5, 0.6) is 0 Å². The first-order valence-electron chi connectivity index (χ1n) is 11.2. The number of anilines is 1. The highest BCUT2D eigenvalue weighted by Gasteiger charge is 2.27. The van der Waals surface area contributed by atoms with Gasteiger partial charge in [-0.05, 0) is 45.0 Å². The molecule has 0 radical (unpaired) electrons. The topological polar surface area (TPSA) is 73.0 Å². The average molecular weight is 560 g/mol. The molecule has 31 heavy (non-hydrogen) atoms. The van der Waals surface area contributed by atoms with Crippen LogP contribution in [-0.2, 0) is 6.42 Å². The van der Waals surface area contributed by atoms with E-state index in [-0.39, 0.29) is 30.0 Å². The van der Waals surface area contributed by atoms with E-state index in [1.807, 2.05) is 6.07 Å². The summed E-state index contributed by atoms with van der Waals surface area (Å²) in [4.78, 5) is 16.9. The fourth-order valence-corrected chi connectivity index (χ4v) is 4.95. The molecule has 172 valence electrons. The molecule has 2 aliphatic heterocycles. The number of piperazine rings is 1. The van der Waals surface area contributed by atoms with Crippen LogP contribution in [-0.4, -0.2) is 77.5 Å². The fourth-order valence-electron chi connectivity index (χ4n) is 4.14. The lowest BCUT2D eigenvalue weighted by Gasteiger charge is -2.36. The van der Waals surface area contributed by atoms with E-state index in [1.165, 1.54) is 24.4 Å². The number of nitrogens with zero attached hydrogens (tertiary/aromatic N) is 6. The molecule has 8 nitrogen and oxygen atoms in total. The van der Waals surface area contributed by atoms with Gasteiger partial charge in [0.25, 0.3) is 0 Å². The van der Waals surface area contributed by atoms with Gasteiger partial charge in [0.05, 0.1) is 18.8 Å². The van der Waals surface area contributed by atoms with Gasteiger partial charge in [-0.25, -0.2) is 4.98 Å². The number of aromatic nitrogens is 2. The number of furan rings is 1. The molecule has 0 aliphatic carbocycles. The minimum absolute atomic E-state index is 0. The Bertz CT molecular complexity index is 799. The van der Waals surface area contributed by atoms with Crippen LogP contribution in [0.2, 0.25) is 0 Å². The van der Waals surface area contributed by atoms with Gasteiger partial charge in [-0.3, -0.25) is 9.89 Å². The van der Waals surface area contributed by atoms with E-state index in [0.717, 1.165) is 74.9 Å². The molecule has 0 saturated carbocycles. The van der Waals surface area contributed by atoms with Gasteiger partial charge in [0.15, 0.2) is 5.96 Å². The molecular weight excluding hydrogens is 525 g/mol. The molecule has 1 unspecified atom stereocenters. The van der Waals surface area contributed by atoms with Gasteiger partial charge in [-0.1, -0.05) is 6.92 Å². The monoisotopic (exact) mass is 559 g/mol. The Morgan fingerprint density at radius 3 is 2.58 bits per heavy atom. The summed E-state index contributed by atoms with van der Waals surface area (Å²) in [5, 5.41) is 4.54. The van der Waals surface area contributed by atoms with E-state index >= 15 is 0 Å². The molecule has 0 spiro atoms. The van der Waals surface area contributed by atoms with E-state index in [0.29, 0.717) is 6.54 Å². The summed E-state index contributed by atoms with van der Waals surface area (Å²) < 4.78 is 10.2. The summed E-state index contributed by atoms with van der Waals surface area (Å²) in [6, 6.07) is 4.27. The highest BCUT2D eigenvalue weighted by Crippen LogP contribution is 2.26. The molecule has 0 bridgehead atoms. The van der Waals surface area contributed by atoms with Crippen LogP contribution in [0.3, 0.4) is 0 Å². The Morgan fingerprint density at radius 1 is 1.19 bits per heavy atom. The molecule has 2 saturated heterocycles. The van der Waals surface area contributed by atoms with Gasteiger partial charge in [0.1, 0.15) is 11.6 Å². The van der Waals surface area contributed by atoms with Crippen LogP contribution in [0, 0.1) is 0 Å². The predicted octanol–water partition coefficient (Wildman–Crippen LogP) is 3.24. The maximum atomic E-state index is 5.76. The Labute approximate surface area is 206 Å². The van der Waals surface area contributed by atoms with Crippen molar-refractivity contribution in [1.29, 1.82) is 0 Å². The van der Waals surface area contributed by atoms with E-state index in [1.54, 1.807) is 6.26 Å². The van der Waals surface area contributed by atoms with E-state index in [4.69, 9.17) is 9.41 Å². The zero-order valence-electron chi connectivity index (χ0n) is 18.5. The lowest BCUT2D eigenvalue weighted by molar-refractivity contribution is 0.220. The van der Waals surface area contributed by atoms with Crippen LogP contribution in [0.4, 0.5) is 5.13 Å². The molecule has 4 heterocycles. The van der Waals surface area contributed by atoms with Crippen molar-refractivity contribution in [1.82, 2.24) is 24.5 Å². The van der Waals surface area contributed by atoms with Crippen LogP contribution >= 0.6 is 35.5 Å². The molecule has 2 aromatic heterocycles. The largest absolute Gasteiger partial charge is 0.468 e. The Morgan fingerprint density at radius 2 is 1.97 bits per heavy atom.